The summed E-state index contributed by atoms with van der Waals surface area (Å²) in [5, 5.41) is 19.4. The van der Waals surface area contributed by atoms with E-state index in [1.54, 1.807) is 24.3 Å². The Bertz CT molecular complexity index is 608. The third-order valence-corrected chi connectivity index (χ3v) is 3.07. The first-order valence-electron chi connectivity index (χ1n) is 5.66. The van der Waals surface area contributed by atoms with E-state index in [4.69, 9.17) is 26.2 Å². The van der Waals surface area contributed by atoms with Crippen LogP contribution in [0.2, 0.25) is 0 Å². The molecule has 0 bridgehead atoms. The van der Waals surface area contributed by atoms with E-state index in [-0.39, 0.29) is 5.56 Å². The van der Waals surface area contributed by atoms with Crippen LogP contribution in [0.25, 0.3) is 10.8 Å². The Labute approximate surface area is 114 Å². The summed E-state index contributed by atoms with van der Waals surface area (Å²) < 4.78 is 5.12. The molecule has 0 unspecified atom stereocenters. The third kappa shape index (κ3) is 2.34. The molecule has 2 aromatic carbocycles. The second kappa shape index (κ2) is 4.56. The van der Waals surface area contributed by atoms with Crippen molar-refractivity contribution >= 4 is 26.5 Å². The molecule has 94 valence electrons. The van der Waals surface area contributed by atoms with E-state index < -0.39 is 11.1 Å². The fourth-order valence-electron chi connectivity index (χ4n) is 1.92. The van der Waals surface area contributed by atoms with Crippen molar-refractivity contribution in [2.45, 2.75) is 11.1 Å². The summed E-state index contributed by atoms with van der Waals surface area (Å²) >= 11 is 0. The first-order chi connectivity index (χ1) is 8.77. The van der Waals surface area contributed by atoms with Gasteiger partial charge in [0.2, 0.25) is 0 Å². The molecular weight excluding hydrogens is 240 g/mol. The topological polar surface area (TPSA) is 75.7 Å². The van der Waals surface area contributed by atoms with Crippen LogP contribution in [-0.4, -0.2) is 38.4 Å². The maximum Gasteiger partial charge on any atom is 0.192 e. The van der Waals surface area contributed by atoms with Crippen LogP contribution in [0.1, 0.15) is 5.56 Å². The minimum absolute atomic E-state index is 0.122. The van der Waals surface area contributed by atoms with Crippen LogP contribution in [0.5, 0.6) is 5.75 Å². The van der Waals surface area contributed by atoms with Crippen LogP contribution in [0.15, 0.2) is 36.4 Å². The fraction of sp³-hybridized carbons (Fsp3) is 0.231. The Balaban J connectivity index is 2.73. The largest absolute Gasteiger partial charge is 0.497 e. The van der Waals surface area contributed by atoms with Gasteiger partial charge < -0.3 is 20.7 Å². The lowest BCUT2D eigenvalue weighted by molar-refractivity contribution is -0.178. The van der Waals surface area contributed by atoms with E-state index in [1.165, 1.54) is 13.2 Å². The molecule has 0 amide bonds. The molecule has 6 heteroatoms. The molecule has 0 heterocycles. The zero-order valence-corrected chi connectivity index (χ0v) is 10.5. The maximum atomic E-state index is 10.1. The molecule has 0 spiro atoms. The van der Waals surface area contributed by atoms with Gasteiger partial charge in [0, 0.05) is 5.56 Å². The number of nitrogens with two attached hydrogens (primary N) is 1. The fourth-order valence-corrected chi connectivity index (χ4v) is 1.92. The van der Waals surface area contributed by atoms with Gasteiger partial charge in [-0.3, -0.25) is 0 Å². The van der Waals surface area contributed by atoms with Gasteiger partial charge in [-0.2, -0.15) is 0 Å². The summed E-state index contributed by atoms with van der Waals surface area (Å²) in [6.45, 7) is 0. The molecule has 0 aromatic heterocycles. The number of benzene rings is 2. The van der Waals surface area contributed by atoms with E-state index in [0.717, 1.165) is 5.39 Å². The lowest BCUT2D eigenvalue weighted by Crippen LogP contribution is -2.59. The van der Waals surface area contributed by atoms with Gasteiger partial charge >= 0.3 is 0 Å². The van der Waals surface area contributed by atoms with Crippen molar-refractivity contribution in [1.82, 2.24) is 0 Å². The molecule has 2 rings (SSSR count). The molecule has 4 radical (unpaired) electrons. The number of aliphatic hydroxyl groups is 2. The normalized spacial score (nSPS) is 12.6. The van der Waals surface area contributed by atoms with Crippen molar-refractivity contribution in [2.24, 2.45) is 5.73 Å². The van der Waals surface area contributed by atoms with E-state index in [0.29, 0.717) is 11.1 Å². The highest BCUT2D eigenvalue weighted by atomic mass is 16.5. The predicted octanol–water partition coefficient (Wildman–Crippen LogP) is -0.0647. The zero-order chi connectivity index (χ0) is 14.3. The van der Waals surface area contributed by atoms with Crippen molar-refractivity contribution in [1.29, 1.82) is 0 Å². The number of methoxy groups -OCH3 is 1. The first kappa shape index (κ1) is 13.9. The molecule has 0 atom stereocenters. The van der Waals surface area contributed by atoms with Gasteiger partial charge in [-0.25, -0.2) is 0 Å². The van der Waals surface area contributed by atoms with Crippen LogP contribution in [0, 0.1) is 0 Å². The van der Waals surface area contributed by atoms with Crippen LogP contribution >= 0.6 is 0 Å². The molecule has 0 saturated carbocycles. The average molecular weight is 253 g/mol. The molecule has 2 aromatic rings. The van der Waals surface area contributed by atoms with Crippen molar-refractivity contribution in [3.63, 3.8) is 0 Å². The Hall–Kier alpha value is -1.49. The van der Waals surface area contributed by atoms with Gasteiger partial charge in [0.1, 0.15) is 5.75 Å². The monoisotopic (exact) mass is 253 g/mol. The lowest BCUT2D eigenvalue weighted by atomic mass is 9.56. The van der Waals surface area contributed by atoms with Crippen molar-refractivity contribution in [3.05, 3.63) is 42.0 Å². The second-order valence-corrected chi connectivity index (χ2v) is 4.50. The van der Waals surface area contributed by atoms with Crippen LogP contribution < -0.4 is 10.5 Å². The van der Waals surface area contributed by atoms with Crippen LogP contribution in [0.4, 0.5) is 0 Å². The molecule has 0 fully saturated rings. The standard InChI is InChI=1S/C13H13B2NO3/c1-19-9-6-5-8-3-2-4-11(10(8)7-9)12(17,18)13(14,15)16/h2-7,17-18H,16H2,1H3. The Morgan fingerprint density at radius 3 is 2.42 bits per heavy atom. The summed E-state index contributed by atoms with van der Waals surface area (Å²) in [5.41, 5.74) is 5.55. The zero-order valence-electron chi connectivity index (χ0n) is 10.5. The van der Waals surface area contributed by atoms with Gasteiger partial charge in [-0.15, -0.1) is 0 Å². The Morgan fingerprint density at radius 1 is 1.16 bits per heavy atom. The minimum atomic E-state index is -2.57. The number of fused-ring (bicyclic) bond motifs is 1. The molecule has 4 nitrogen and oxygen atoms in total. The number of hydrogen-bond donors (Lipinski definition) is 3. The molecule has 4 N–H and O–H groups in total. The molecule has 19 heavy (non-hydrogen) atoms. The Morgan fingerprint density at radius 2 is 1.84 bits per heavy atom. The summed E-state index contributed by atoms with van der Waals surface area (Å²) in [7, 11) is 12.4. The third-order valence-electron chi connectivity index (χ3n) is 3.07. The quantitative estimate of drug-likeness (QED) is 0.528. The van der Waals surface area contributed by atoms with E-state index in [2.05, 4.69) is 0 Å². The summed E-state index contributed by atoms with van der Waals surface area (Å²) in [6, 6.07) is 10.2. The summed E-state index contributed by atoms with van der Waals surface area (Å²) in [6.07, 6.45) is 0. The van der Waals surface area contributed by atoms with E-state index in [9.17, 15) is 10.2 Å². The van der Waals surface area contributed by atoms with Crippen molar-refractivity contribution < 1.29 is 14.9 Å². The van der Waals surface area contributed by atoms with Crippen LogP contribution in [0.3, 0.4) is 0 Å². The van der Waals surface area contributed by atoms with E-state index in [1.807, 2.05) is 6.07 Å². The van der Waals surface area contributed by atoms with Gasteiger partial charge in [-0.1, -0.05) is 24.3 Å². The number of rotatable bonds is 3. The van der Waals surface area contributed by atoms with E-state index >= 15 is 0 Å². The summed E-state index contributed by atoms with van der Waals surface area (Å²) in [4.78, 5) is 0. The first-order valence-corrected chi connectivity index (χ1v) is 5.66. The minimum Gasteiger partial charge on any atom is -0.497 e. The number of hydrogen-bond acceptors (Lipinski definition) is 4. The van der Waals surface area contributed by atoms with Crippen molar-refractivity contribution in [2.75, 3.05) is 7.11 Å². The SMILES string of the molecule is [B]C([B])(N)C(O)(O)c1cccc2ccc(OC)cc12. The molecule has 0 saturated heterocycles. The second-order valence-electron chi connectivity index (χ2n) is 4.50. The smallest absolute Gasteiger partial charge is 0.192 e. The highest BCUT2D eigenvalue weighted by molar-refractivity contribution is 6.40. The lowest BCUT2D eigenvalue weighted by Gasteiger charge is -2.37. The van der Waals surface area contributed by atoms with Gasteiger partial charge in [-0.05, 0) is 28.2 Å². The van der Waals surface area contributed by atoms with Gasteiger partial charge in [0.05, 0.1) is 22.8 Å². The maximum absolute atomic E-state index is 10.1. The summed E-state index contributed by atoms with van der Waals surface area (Å²) in [5.74, 6) is -1.99. The van der Waals surface area contributed by atoms with Gasteiger partial charge in [0.25, 0.3) is 0 Å². The predicted molar refractivity (Wildman–Crippen MR) is 75.0 cm³/mol. The van der Waals surface area contributed by atoms with Crippen LogP contribution in [-0.2, 0) is 5.79 Å². The highest BCUT2D eigenvalue weighted by Crippen LogP contribution is 2.33. The molecular formula is C13H13B2NO3. The van der Waals surface area contributed by atoms with Gasteiger partial charge in [0.15, 0.2) is 5.79 Å². The average Bonchev–Trinajstić information content (AvgIpc) is 2.35. The highest BCUT2D eigenvalue weighted by Gasteiger charge is 2.40. The van der Waals surface area contributed by atoms with Crippen molar-refractivity contribution in [3.8, 4) is 5.75 Å². The Kier molecular flexibility index (Phi) is 3.34. The molecule has 0 aliphatic rings. The molecule has 0 aliphatic carbocycles. The molecule has 0 aliphatic heterocycles. The number of ether oxygens (including phenoxy) is 1.